The molecule has 3 aromatic heterocycles. The van der Waals surface area contributed by atoms with Gasteiger partial charge in [-0.3, -0.25) is 24.3 Å². The Morgan fingerprint density at radius 3 is 2.16 bits per heavy atom. The number of rotatable bonds is 12. The minimum absolute atomic E-state index is 0.0101. The minimum atomic E-state index is -0.222. The third kappa shape index (κ3) is 10.4. The summed E-state index contributed by atoms with van der Waals surface area (Å²) in [5, 5.41) is 20.8. The molecule has 0 saturated carbocycles. The van der Waals surface area contributed by atoms with E-state index in [9.17, 15) is 19.8 Å². The van der Waals surface area contributed by atoms with E-state index in [2.05, 4.69) is 63.6 Å². The van der Waals surface area contributed by atoms with Gasteiger partial charge in [0.2, 0.25) is 11.9 Å². The van der Waals surface area contributed by atoms with Crippen molar-refractivity contribution in [3.63, 3.8) is 0 Å². The number of nitrogen functional groups attached to an aromatic ring is 1. The third-order valence-corrected chi connectivity index (χ3v) is 15.6. The number of nitrogens with two attached hydrogens (primary N) is 1. The second-order valence-electron chi connectivity index (χ2n) is 19.5. The molecule has 0 spiro atoms. The van der Waals surface area contributed by atoms with Gasteiger partial charge in [0.1, 0.15) is 11.5 Å². The van der Waals surface area contributed by atoms with E-state index in [1.807, 2.05) is 13.8 Å². The van der Waals surface area contributed by atoms with Gasteiger partial charge >= 0.3 is 0 Å². The number of aromatic hydroxyl groups is 2. The van der Waals surface area contributed by atoms with Crippen LogP contribution < -0.4 is 10.6 Å². The van der Waals surface area contributed by atoms with Crippen LogP contribution in [0.2, 0.25) is 0 Å². The van der Waals surface area contributed by atoms with Crippen LogP contribution in [0.25, 0.3) is 21.6 Å². The molecule has 2 aromatic carbocycles. The highest BCUT2D eigenvalue weighted by molar-refractivity contribution is 7.19. The molecular weight excluding hydrogens is 881 g/mol. The largest absolute Gasteiger partial charge is 0.508 e. The van der Waals surface area contributed by atoms with Gasteiger partial charge in [-0.25, -0.2) is 19.9 Å². The Morgan fingerprint density at radius 2 is 1.44 bits per heavy atom. The van der Waals surface area contributed by atoms with E-state index in [1.165, 1.54) is 16.5 Å². The van der Waals surface area contributed by atoms with Crippen molar-refractivity contribution in [2.75, 3.05) is 115 Å². The van der Waals surface area contributed by atoms with E-state index >= 15 is 0 Å². The lowest BCUT2D eigenvalue weighted by atomic mass is 9.95. The quantitative estimate of drug-likeness (QED) is 0.160. The van der Waals surface area contributed by atoms with Crippen LogP contribution in [0.4, 0.5) is 11.8 Å². The average molecular weight is 945 g/mol. The van der Waals surface area contributed by atoms with E-state index in [1.54, 1.807) is 34.7 Å². The van der Waals surface area contributed by atoms with Gasteiger partial charge in [-0.2, -0.15) is 0 Å². The molecule has 4 fully saturated rings. The topological polar surface area (TPSA) is 184 Å². The molecule has 18 heteroatoms. The zero-order valence-corrected chi connectivity index (χ0v) is 40.2. The summed E-state index contributed by atoms with van der Waals surface area (Å²) in [4.78, 5) is 62.7. The molecule has 17 nitrogen and oxygen atoms in total. The summed E-state index contributed by atoms with van der Waals surface area (Å²) in [5.41, 5.74) is 11.8. The van der Waals surface area contributed by atoms with Crippen molar-refractivity contribution >= 4 is 45.1 Å². The van der Waals surface area contributed by atoms with Crippen LogP contribution in [-0.2, 0) is 35.7 Å². The van der Waals surface area contributed by atoms with Crippen molar-refractivity contribution < 1.29 is 24.5 Å². The molecule has 4 N–H and O–H groups in total. The number of hydrogen-bond donors (Lipinski definition) is 3. The molecule has 4 saturated heterocycles. The molecule has 0 aliphatic carbocycles. The number of phenolic OH excluding ortho intramolecular Hbond substituents is 2. The van der Waals surface area contributed by atoms with Crippen LogP contribution >= 0.6 is 11.3 Å². The molecule has 0 bridgehead atoms. The number of benzene rings is 2. The summed E-state index contributed by atoms with van der Waals surface area (Å²) in [6, 6.07) is 11.7. The van der Waals surface area contributed by atoms with Gasteiger partial charge in [-0.15, -0.1) is 11.3 Å². The number of aromatic nitrogens is 4. The van der Waals surface area contributed by atoms with Crippen molar-refractivity contribution in [3.05, 3.63) is 81.5 Å². The number of piperazine rings is 2. The predicted octanol–water partition coefficient (Wildman–Crippen LogP) is 4.43. The molecule has 0 atom stereocenters. The smallest absolute Gasteiger partial charge is 0.258 e. The minimum Gasteiger partial charge on any atom is -0.508 e. The summed E-state index contributed by atoms with van der Waals surface area (Å²) in [6.07, 6.45) is 5.47. The fraction of sp³-hybridized carbons (Fsp3) is 0.520. The number of morpholine rings is 1. The summed E-state index contributed by atoms with van der Waals surface area (Å²) >= 11 is 1.76. The molecule has 8 heterocycles. The molecule has 5 aliphatic rings. The van der Waals surface area contributed by atoms with Gasteiger partial charge in [-0.1, -0.05) is 32.0 Å². The number of piperidine rings is 1. The van der Waals surface area contributed by atoms with Crippen molar-refractivity contribution in [2.24, 2.45) is 5.92 Å². The van der Waals surface area contributed by atoms with E-state index in [-0.39, 0.29) is 40.7 Å². The molecule has 360 valence electrons. The second kappa shape index (κ2) is 20.2. The number of nitrogens with zero attached hydrogens (tertiary/aromatic N) is 11. The summed E-state index contributed by atoms with van der Waals surface area (Å²) < 4.78 is 6.73. The highest BCUT2D eigenvalue weighted by Crippen LogP contribution is 2.37. The lowest BCUT2D eigenvalue weighted by Gasteiger charge is -2.39. The molecule has 0 unspecified atom stereocenters. The summed E-state index contributed by atoms with van der Waals surface area (Å²) in [6.45, 7) is 20.5. The molecule has 10 rings (SSSR count). The Morgan fingerprint density at radius 1 is 0.765 bits per heavy atom. The fourth-order valence-electron chi connectivity index (χ4n) is 10.4. The standard InChI is InChI=1S/C50H64N12O5S/c1-33(2)40-23-41(44(64)24-43(40)63)49(66)62-29-36-4-3-35(21-37(36)30-62)28-57-11-9-56(10-12-57)27-34-5-7-60(8-6-34)45(65)32-59-15-13-58(14-16-59)31-39-22-42-46(68-39)48(61-17-19-67-20-18-61)55-47(54-42)38-25-52-50(51)53-26-38/h3-4,21-26,33-34,63-64H,5-20,27-32H2,1-2H3,(H2,51,52,53). The van der Waals surface area contributed by atoms with Crippen molar-refractivity contribution in [2.45, 2.75) is 58.8 Å². The van der Waals surface area contributed by atoms with Gasteiger partial charge in [0.05, 0.1) is 41.1 Å². The normalized spacial score (nSPS) is 19.4. The second-order valence-corrected chi connectivity index (χ2v) is 20.7. The Bertz CT molecular complexity index is 2600. The number of ether oxygens (including phenoxy) is 1. The van der Waals surface area contributed by atoms with Crippen LogP contribution in [0.1, 0.15) is 70.1 Å². The van der Waals surface area contributed by atoms with Crippen LogP contribution in [0.5, 0.6) is 11.5 Å². The summed E-state index contributed by atoms with van der Waals surface area (Å²) in [5.74, 6) is 2.23. The Hall–Kier alpha value is -5.50. The van der Waals surface area contributed by atoms with E-state index < -0.39 is 0 Å². The van der Waals surface area contributed by atoms with E-state index in [0.717, 1.165) is 144 Å². The Kier molecular flexibility index (Phi) is 13.8. The molecule has 0 radical (unpaired) electrons. The summed E-state index contributed by atoms with van der Waals surface area (Å²) in [7, 11) is 0. The molecular formula is C50H64N12O5S. The zero-order chi connectivity index (χ0) is 46.9. The van der Waals surface area contributed by atoms with Crippen molar-refractivity contribution in [3.8, 4) is 22.9 Å². The van der Waals surface area contributed by atoms with Crippen LogP contribution in [0, 0.1) is 5.92 Å². The van der Waals surface area contributed by atoms with Crippen LogP contribution in [-0.4, -0.2) is 176 Å². The van der Waals surface area contributed by atoms with Crippen LogP contribution in [0.3, 0.4) is 0 Å². The van der Waals surface area contributed by atoms with Gasteiger partial charge < -0.3 is 40.3 Å². The molecule has 68 heavy (non-hydrogen) atoms. The van der Waals surface area contributed by atoms with Gasteiger partial charge in [0.25, 0.3) is 5.91 Å². The number of carbonyl (C=O) groups is 2. The Balaban J connectivity index is 0.642. The predicted molar refractivity (Wildman–Crippen MR) is 263 cm³/mol. The number of hydrogen-bond acceptors (Lipinski definition) is 16. The lowest BCUT2D eigenvalue weighted by Crippen LogP contribution is -2.51. The maximum absolute atomic E-state index is 13.5. The molecule has 2 amide bonds. The van der Waals surface area contributed by atoms with Gasteiger partial charge in [0, 0.05) is 135 Å². The van der Waals surface area contributed by atoms with Crippen molar-refractivity contribution in [1.82, 2.24) is 49.3 Å². The highest BCUT2D eigenvalue weighted by Gasteiger charge is 2.31. The van der Waals surface area contributed by atoms with E-state index in [4.69, 9.17) is 20.4 Å². The number of fused-ring (bicyclic) bond motifs is 2. The van der Waals surface area contributed by atoms with E-state index in [0.29, 0.717) is 50.2 Å². The van der Waals surface area contributed by atoms with Crippen LogP contribution in [0.15, 0.2) is 48.8 Å². The number of likely N-dealkylation sites (tertiary alicyclic amines) is 1. The first-order valence-electron chi connectivity index (χ1n) is 24.3. The first kappa shape index (κ1) is 46.2. The first-order valence-corrected chi connectivity index (χ1v) is 25.2. The lowest BCUT2D eigenvalue weighted by molar-refractivity contribution is -0.134. The maximum Gasteiger partial charge on any atom is 0.258 e. The first-order chi connectivity index (χ1) is 33.0. The Labute approximate surface area is 402 Å². The third-order valence-electron chi connectivity index (χ3n) is 14.5. The average Bonchev–Trinajstić information content (AvgIpc) is 3.97. The number of amides is 2. The highest BCUT2D eigenvalue weighted by atomic mass is 32.1. The molecule has 5 aliphatic heterocycles. The fourth-order valence-corrected chi connectivity index (χ4v) is 11.6. The van der Waals surface area contributed by atoms with Gasteiger partial charge in [-0.05, 0) is 59.1 Å². The van der Waals surface area contributed by atoms with Crippen molar-refractivity contribution in [1.29, 1.82) is 0 Å². The maximum atomic E-state index is 13.5. The zero-order valence-electron chi connectivity index (χ0n) is 39.4. The number of thiophene rings is 1. The number of anilines is 2. The monoisotopic (exact) mass is 944 g/mol. The number of carbonyl (C=O) groups excluding carboxylic acids is 2. The molecule has 5 aromatic rings. The SMILES string of the molecule is CC(C)c1cc(C(=O)N2Cc3ccc(CN4CCN(CC5CCN(C(=O)CN6CCN(Cc7cc8nc(-c9cnc(N)nc9)nc(N9CCOCC9)c8s7)CC6)CC5)CC4)cc3C2)c(O)cc1O. The van der Waals surface area contributed by atoms with Gasteiger partial charge in [0.15, 0.2) is 11.6 Å². The number of phenols is 2.